The Bertz CT molecular complexity index is 279. The Morgan fingerprint density at radius 1 is 1.33 bits per heavy atom. The second-order valence-corrected chi connectivity index (χ2v) is 5.23. The molecule has 3 aliphatic heterocycles. The molecule has 0 radical (unpaired) electrons. The summed E-state index contributed by atoms with van der Waals surface area (Å²) in [6, 6.07) is 1.30. The molecule has 3 heteroatoms. The maximum Gasteiger partial charge on any atom is 0.310 e. The molecule has 3 fully saturated rings. The number of hydrogen-bond donors (Lipinski definition) is 0. The number of carbonyl (C=O) groups is 1. The summed E-state index contributed by atoms with van der Waals surface area (Å²) in [5, 5.41) is 0. The second kappa shape index (κ2) is 3.48. The molecule has 3 rings (SSSR count). The van der Waals surface area contributed by atoms with Crippen LogP contribution >= 0.6 is 0 Å². The summed E-state index contributed by atoms with van der Waals surface area (Å²) in [7, 11) is 1.52. The second-order valence-electron chi connectivity index (χ2n) is 5.23. The van der Waals surface area contributed by atoms with E-state index in [-0.39, 0.29) is 11.9 Å². The van der Waals surface area contributed by atoms with Gasteiger partial charge in [0.2, 0.25) is 0 Å². The largest absolute Gasteiger partial charge is 0.469 e. The number of rotatable bonds is 1. The van der Waals surface area contributed by atoms with Gasteiger partial charge in [-0.3, -0.25) is 9.69 Å². The standard InChI is InChI=1S/C12H19NO2/c1-15-12(14)10-5-4-9-7-8-3-2-6-13(9)11(8)10/h8-11H,2-7H2,1H3/t8-,9+,10+,11-/m1/s1. The predicted octanol–water partition coefficient (Wildman–Crippen LogP) is 1.42. The van der Waals surface area contributed by atoms with Crippen LogP contribution in [0.25, 0.3) is 0 Å². The van der Waals surface area contributed by atoms with Crippen molar-refractivity contribution >= 4 is 5.97 Å². The lowest BCUT2D eigenvalue weighted by Gasteiger charge is -2.42. The van der Waals surface area contributed by atoms with Gasteiger partial charge < -0.3 is 4.74 Å². The van der Waals surface area contributed by atoms with E-state index in [9.17, 15) is 4.79 Å². The lowest BCUT2D eigenvalue weighted by atomic mass is 9.82. The molecule has 15 heavy (non-hydrogen) atoms. The summed E-state index contributed by atoms with van der Waals surface area (Å²) in [5.74, 6) is 0.964. The molecule has 1 unspecified atom stereocenters. The van der Waals surface area contributed by atoms with Crippen LogP contribution in [-0.4, -0.2) is 36.6 Å². The number of hydrogen-bond acceptors (Lipinski definition) is 3. The lowest BCUT2D eigenvalue weighted by molar-refractivity contribution is -0.150. The Morgan fingerprint density at radius 2 is 2.20 bits per heavy atom. The van der Waals surface area contributed by atoms with Crippen molar-refractivity contribution in [1.82, 2.24) is 4.90 Å². The van der Waals surface area contributed by atoms with E-state index in [2.05, 4.69) is 4.90 Å². The van der Waals surface area contributed by atoms with Crippen molar-refractivity contribution in [3.05, 3.63) is 0 Å². The zero-order valence-electron chi connectivity index (χ0n) is 9.32. The Labute approximate surface area is 90.8 Å². The minimum absolute atomic E-state index is 0.0252. The molecule has 0 aliphatic carbocycles. The van der Waals surface area contributed by atoms with E-state index in [1.165, 1.54) is 39.3 Å². The van der Waals surface area contributed by atoms with Crippen LogP contribution in [-0.2, 0) is 9.53 Å². The molecule has 3 heterocycles. The van der Waals surface area contributed by atoms with Crippen molar-refractivity contribution < 1.29 is 9.53 Å². The fourth-order valence-corrected chi connectivity index (χ4v) is 4.09. The van der Waals surface area contributed by atoms with Crippen LogP contribution in [0, 0.1) is 11.8 Å². The first kappa shape index (κ1) is 9.64. The quantitative estimate of drug-likeness (QED) is 0.612. The molecule has 5 atom stereocenters. The van der Waals surface area contributed by atoms with Gasteiger partial charge in [-0.2, -0.15) is 0 Å². The van der Waals surface area contributed by atoms with Crippen molar-refractivity contribution in [2.24, 2.45) is 11.8 Å². The molecule has 0 saturated carbocycles. The van der Waals surface area contributed by atoms with Gasteiger partial charge in [0.15, 0.2) is 0 Å². The Hall–Kier alpha value is -0.570. The number of carbonyl (C=O) groups excluding carboxylic acids is 1. The molecular weight excluding hydrogens is 190 g/mol. The first-order valence-electron chi connectivity index (χ1n) is 6.15. The number of piperidine rings is 2. The van der Waals surface area contributed by atoms with E-state index in [1.807, 2.05) is 0 Å². The van der Waals surface area contributed by atoms with Crippen LogP contribution in [0.5, 0.6) is 0 Å². The van der Waals surface area contributed by atoms with Crippen molar-refractivity contribution in [2.75, 3.05) is 13.7 Å². The SMILES string of the molecule is COC(=O)[C@H]1CC[C@H]2C[C@H]3CCCN2[C@H]31. The fraction of sp³-hybridized carbons (Fsp3) is 0.917. The van der Waals surface area contributed by atoms with E-state index in [1.54, 1.807) is 0 Å². The molecule has 0 N–H and O–H groups in total. The van der Waals surface area contributed by atoms with Gasteiger partial charge in [-0.05, 0) is 44.6 Å². The normalized spacial score (nSPS) is 47.7. The molecule has 0 aromatic carbocycles. The summed E-state index contributed by atoms with van der Waals surface area (Å²) < 4.78 is 4.94. The molecule has 4 bridgehead atoms. The van der Waals surface area contributed by atoms with E-state index < -0.39 is 0 Å². The lowest BCUT2D eigenvalue weighted by Crippen LogP contribution is -2.51. The Balaban J connectivity index is 1.85. The first-order valence-corrected chi connectivity index (χ1v) is 6.15. The van der Waals surface area contributed by atoms with Crippen molar-refractivity contribution in [3.63, 3.8) is 0 Å². The van der Waals surface area contributed by atoms with Gasteiger partial charge in [0.25, 0.3) is 0 Å². The zero-order valence-corrected chi connectivity index (χ0v) is 9.32. The van der Waals surface area contributed by atoms with E-state index in [4.69, 9.17) is 4.74 Å². The predicted molar refractivity (Wildman–Crippen MR) is 56.4 cm³/mol. The summed E-state index contributed by atoms with van der Waals surface area (Å²) in [4.78, 5) is 14.3. The van der Waals surface area contributed by atoms with Crippen molar-refractivity contribution in [3.8, 4) is 0 Å². The minimum Gasteiger partial charge on any atom is -0.469 e. The van der Waals surface area contributed by atoms with Gasteiger partial charge >= 0.3 is 5.97 Å². The third-order valence-corrected chi connectivity index (χ3v) is 4.63. The molecule has 3 nitrogen and oxygen atoms in total. The van der Waals surface area contributed by atoms with Crippen LogP contribution in [0.4, 0.5) is 0 Å². The third-order valence-electron chi connectivity index (χ3n) is 4.63. The van der Waals surface area contributed by atoms with Crippen LogP contribution < -0.4 is 0 Å². The van der Waals surface area contributed by atoms with Crippen molar-refractivity contribution in [1.29, 1.82) is 0 Å². The van der Waals surface area contributed by atoms with Gasteiger partial charge in [-0.1, -0.05) is 0 Å². The average molecular weight is 209 g/mol. The number of nitrogens with zero attached hydrogens (tertiary/aromatic N) is 1. The van der Waals surface area contributed by atoms with Gasteiger partial charge in [0.1, 0.15) is 0 Å². The summed E-state index contributed by atoms with van der Waals surface area (Å²) in [5.41, 5.74) is 0. The van der Waals surface area contributed by atoms with Crippen molar-refractivity contribution in [2.45, 2.75) is 44.2 Å². The molecule has 0 spiro atoms. The first-order chi connectivity index (χ1) is 7.31. The Morgan fingerprint density at radius 3 is 3.00 bits per heavy atom. The monoisotopic (exact) mass is 209 g/mol. The molecule has 0 aromatic rings. The topological polar surface area (TPSA) is 29.5 Å². The van der Waals surface area contributed by atoms with Crippen LogP contribution in [0.15, 0.2) is 0 Å². The molecule has 3 aliphatic rings. The van der Waals surface area contributed by atoms with E-state index >= 15 is 0 Å². The van der Waals surface area contributed by atoms with Crippen LogP contribution in [0.3, 0.4) is 0 Å². The van der Waals surface area contributed by atoms with E-state index in [0.717, 1.165) is 18.4 Å². The zero-order chi connectivity index (χ0) is 10.4. The van der Waals surface area contributed by atoms with Crippen LogP contribution in [0.1, 0.15) is 32.1 Å². The molecular formula is C12H19NO2. The van der Waals surface area contributed by atoms with E-state index in [0.29, 0.717) is 6.04 Å². The number of methoxy groups -OCH3 is 1. The van der Waals surface area contributed by atoms with Crippen LogP contribution in [0.2, 0.25) is 0 Å². The summed E-state index contributed by atoms with van der Waals surface area (Å²) in [6.45, 7) is 1.21. The highest BCUT2D eigenvalue weighted by molar-refractivity contribution is 5.73. The van der Waals surface area contributed by atoms with Gasteiger partial charge in [-0.25, -0.2) is 0 Å². The summed E-state index contributed by atoms with van der Waals surface area (Å²) in [6.07, 6.45) is 6.23. The van der Waals surface area contributed by atoms with Gasteiger partial charge in [0.05, 0.1) is 13.0 Å². The Kier molecular flexibility index (Phi) is 2.23. The highest BCUT2D eigenvalue weighted by Gasteiger charge is 2.52. The molecule has 0 amide bonds. The highest BCUT2D eigenvalue weighted by atomic mass is 16.5. The van der Waals surface area contributed by atoms with Gasteiger partial charge in [-0.15, -0.1) is 0 Å². The smallest absolute Gasteiger partial charge is 0.310 e. The fourth-order valence-electron chi connectivity index (χ4n) is 4.09. The minimum atomic E-state index is 0.0252. The maximum absolute atomic E-state index is 11.7. The number of ether oxygens (including phenoxy) is 1. The highest BCUT2D eigenvalue weighted by Crippen LogP contribution is 2.47. The molecule has 3 saturated heterocycles. The molecule has 0 aromatic heterocycles. The third kappa shape index (κ3) is 1.32. The maximum atomic E-state index is 11.7. The molecule has 84 valence electrons. The van der Waals surface area contributed by atoms with Gasteiger partial charge in [0, 0.05) is 12.1 Å². The number of esters is 1. The average Bonchev–Trinajstić information content (AvgIpc) is 2.48. The summed E-state index contributed by atoms with van der Waals surface area (Å²) >= 11 is 0.